The van der Waals surface area contributed by atoms with Crippen LogP contribution in [0.25, 0.3) is 0 Å². The Labute approximate surface area is 126 Å². The molecule has 118 valence electrons. The fraction of sp³-hybridized carbons (Fsp3) is 0.533. The van der Waals surface area contributed by atoms with Crippen molar-refractivity contribution in [2.75, 3.05) is 12.0 Å². The molecule has 0 saturated heterocycles. The third kappa shape index (κ3) is 5.75. The molecule has 1 amide bonds. The Morgan fingerprint density at radius 1 is 1.29 bits per heavy atom. The van der Waals surface area contributed by atoms with Gasteiger partial charge in [0, 0.05) is 23.5 Å². The average molecular weight is 312 g/mol. The Morgan fingerprint density at radius 3 is 2.52 bits per heavy atom. The smallest absolute Gasteiger partial charge is 0.251 e. The second-order valence-electron chi connectivity index (χ2n) is 5.43. The zero-order valence-corrected chi connectivity index (χ0v) is 13.7. The van der Waals surface area contributed by atoms with Crippen LogP contribution in [0, 0.1) is 0 Å². The van der Waals surface area contributed by atoms with Crippen LogP contribution >= 0.6 is 0 Å². The van der Waals surface area contributed by atoms with Crippen molar-refractivity contribution in [1.82, 2.24) is 5.32 Å². The maximum atomic E-state index is 12.2. The summed E-state index contributed by atoms with van der Waals surface area (Å²) in [5, 5.41) is 2.87. The molecule has 0 radical (unpaired) electrons. The molecule has 0 aliphatic heterocycles. The van der Waals surface area contributed by atoms with Crippen molar-refractivity contribution < 1.29 is 13.2 Å². The summed E-state index contributed by atoms with van der Waals surface area (Å²) < 4.78 is 23.1. The molecule has 0 saturated carbocycles. The van der Waals surface area contributed by atoms with Crippen LogP contribution in [0.2, 0.25) is 0 Å². The van der Waals surface area contributed by atoms with E-state index in [-0.39, 0.29) is 28.1 Å². The molecule has 6 heteroatoms. The Kier molecular flexibility index (Phi) is 6.20. The summed E-state index contributed by atoms with van der Waals surface area (Å²) in [6, 6.07) is 4.26. The van der Waals surface area contributed by atoms with Gasteiger partial charge in [0.15, 0.2) is 9.84 Å². The Hall–Kier alpha value is -1.56. The third-order valence-corrected chi connectivity index (χ3v) is 4.33. The van der Waals surface area contributed by atoms with Gasteiger partial charge >= 0.3 is 0 Å². The molecule has 3 N–H and O–H groups in total. The van der Waals surface area contributed by atoms with Crippen LogP contribution in [-0.2, 0) is 9.84 Å². The number of carbonyl (C=O) groups is 1. The van der Waals surface area contributed by atoms with Gasteiger partial charge in [0.05, 0.1) is 4.90 Å². The van der Waals surface area contributed by atoms with Crippen molar-refractivity contribution >= 4 is 21.4 Å². The van der Waals surface area contributed by atoms with Crippen LogP contribution in [0.5, 0.6) is 0 Å². The highest BCUT2D eigenvalue weighted by Crippen LogP contribution is 2.17. The first-order valence-corrected chi connectivity index (χ1v) is 9.04. The average Bonchev–Trinajstić information content (AvgIpc) is 2.37. The van der Waals surface area contributed by atoms with E-state index in [9.17, 15) is 13.2 Å². The fourth-order valence-electron chi connectivity index (χ4n) is 2.05. The number of nitrogens with two attached hydrogens (primary N) is 1. The normalized spacial score (nSPS) is 12.9. The molecule has 0 fully saturated rings. The molecule has 0 aliphatic carbocycles. The lowest BCUT2D eigenvalue weighted by atomic mass is 10.1. The Balaban J connectivity index is 2.81. The van der Waals surface area contributed by atoms with Crippen LogP contribution in [0.4, 0.5) is 5.69 Å². The van der Waals surface area contributed by atoms with Gasteiger partial charge in [0.2, 0.25) is 0 Å². The van der Waals surface area contributed by atoms with E-state index in [0.717, 1.165) is 31.9 Å². The predicted molar refractivity (Wildman–Crippen MR) is 85.0 cm³/mol. The van der Waals surface area contributed by atoms with Gasteiger partial charge in [-0.2, -0.15) is 0 Å². The maximum absolute atomic E-state index is 12.2. The summed E-state index contributed by atoms with van der Waals surface area (Å²) in [5.74, 6) is -0.295. The summed E-state index contributed by atoms with van der Waals surface area (Å²) in [7, 11) is -3.39. The number of rotatable bonds is 7. The van der Waals surface area contributed by atoms with Crippen LogP contribution < -0.4 is 11.1 Å². The van der Waals surface area contributed by atoms with Crippen molar-refractivity contribution in [3.05, 3.63) is 23.8 Å². The number of amides is 1. The van der Waals surface area contributed by atoms with E-state index in [1.807, 2.05) is 6.92 Å². The van der Waals surface area contributed by atoms with Gasteiger partial charge in [0.25, 0.3) is 5.91 Å². The number of hydrogen-bond donors (Lipinski definition) is 2. The highest BCUT2D eigenvalue weighted by Gasteiger charge is 2.15. The minimum absolute atomic E-state index is 0.0483. The lowest BCUT2D eigenvalue weighted by Gasteiger charge is -2.14. The van der Waals surface area contributed by atoms with Crippen molar-refractivity contribution in [1.29, 1.82) is 0 Å². The number of nitrogens with one attached hydrogen (secondary N) is 1. The topological polar surface area (TPSA) is 89.3 Å². The van der Waals surface area contributed by atoms with Gasteiger partial charge in [-0.05, 0) is 31.5 Å². The molecule has 1 unspecified atom stereocenters. The largest absolute Gasteiger partial charge is 0.399 e. The molecular weight excluding hydrogens is 288 g/mol. The van der Waals surface area contributed by atoms with E-state index in [1.165, 1.54) is 18.2 Å². The Bertz CT molecular complexity index is 597. The number of unbranched alkanes of at least 4 members (excludes halogenated alkanes) is 2. The quantitative estimate of drug-likeness (QED) is 0.597. The molecule has 5 nitrogen and oxygen atoms in total. The number of sulfone groups is 1. The highest BCUT2D eigenvalue weighted by molar-refractivity contribution is 7.90. The molecule has 0 aliphatic rings. The predicted octanol–water partition coefficient (Wildman–Crippen LogP) is 2.37. The number of nitrogen functional groups attached to an aromatic ring is 1. The summed E-state index contributed by atoms with van der Waals surface area (Å²) in [4.78, 5) is 12.2. The fourth-order valence-corrected chi connectivity index (χ4v) is 2.74. The van der Waals surface area contributed by atoms with E-state index >= 15 is 0 Å². The Morgan fingerprint density at radius 2 is 1.95 bits per heavy atom. The standard InChI is InChI=1S/C15H24N2O3S/c1-4-5-6-7-11(2)17-15(18)12-8-13(16)10-14(9-12)21(3,19)20/h8-11H,4-7,16H2,1-3H3,(H,17,18). The first-order valence-electron chi connectivity index (χ1n) is 7.15. The summed E-state index contributed by atoms with van der Waals surface area (Å²) in [6.45, 7) is 4.07. The summed E-state index contributed by atoms with van der Waals surface area (Å²) >= 11 is 0. The molecule has 1 atom stereocenters. The minimum atomic E-state index is -3.39. The second-order valence-corrected chi connectivity index (χ2v) is 7.45. The molecule has 1 aromatic rings. The number of hydrogen-bond acceptors (Lipinski definition) is 4. The van der Waals surface area contributed by atoms with Crippen LogP contribution in [0.15, 0.2) is 23.1 Å². The minimum Gasteiger partial charge on any atom is -0.399 e. The van der Waals surface area contributed by atoms with E-state index in [1.54, 1.807) is 0 Å². The zero-order valence-electron chi connectivity index (χ0n) is 12.8. The first kappa shape index (κ1) is 17.5. The number of carbonyl (C=O) groups excluding carboxylic acids is 1. The SMILES string of the molecule is CCCCCC(C)NC(=O)c1cc(N)cc(S(C)(=O)=O)c1. The van der Waals surface area contributed by atoms with Gasteiger partial charge in [-0.3, -0.25) is 4.79 Å². The van der Waals surface area contributed by atoms with Crippen molar-refractivity contribution in [3.8, 4) is 0 Å². The number of anilines is 1. The van der Waals surface area contributed by atoms with Gasteiger partial charge in [-0.1, -0.05) is 26.2 Å². The molecule has 0 spiro atoms. The monoisotopic (exact) mass is 312 g/mol. The molecule has 21 heavy (non-hydrogen) atoms. The molecule has 1 aromatic carbocycles. The lowest BCUT2D eigenvalue weighted by Crippen LogP contribution is -2.32. The molecular formula is C15H24N2O3S. The van der Waals surface area contributed by atoms with E-state index in [0.29, 0.717) is 0 Å². The van der Waals surface area contributed by atoms with Crippen molar-refractivity contribution in [3.63, 3.8) is 0 Å². The number of benzene rings is 1. The second kappa shape index (κ2) is 7.45. The maximum Gasteiger partial charge on any atom is 0.251 e. The van der Waals surface area contributed by atoms with Crippen LogP contribution in [-0.4, -0.2) is 26.6 Å². The highest BCUT2D eigenvalue weighted by atomic mass is 32.2. The summed E-state index contributed by atoms with van der Waals surface area (Å²) in [5.41, 5.74) is 6.22. The zero-order chi connectivity index (χ0) is 16.0. The molecule has 0 heterocycles. The van der Waals surface area contributed by atoms with Gasteiger partial charge < -0.3 is 11.1 Å². The van der Waals surface area contributed by atoms with Gasteiger partial charge in [0.1, 0.15) is 0 Å². The van der Waals surface area contributed by atoms with Gasteiger partial charge in [-0.15, -0.1) is 0 Å². The molecule has 1 rings (SSSR count). The summed E-state index contributed by atoms with van der Waals surface area (Å²) in [6.07, 6.45) is 5.32. The van der Waals surface area contributed by atoms with Gasteiger partial charge in [-0.25, -0.2) is 8.42 Å². The van der Waals surface area contributed by atoms with Crippen molar-refractivity contribution in [2.45, 2.75) is 50.5 Å². The van der Waals surface area contributed by atoms with Crippen molar-refractivity contribution in [2.24, 2.45) is 0 Å². The first-order chi connectivity index (χ1) is 9.74. The van der Waals surface area contributed by atoms with E-state index < -0.39 is 9.84 Å². The molecule has 0 bridgehead atoms. The van der Waals surface area contributed by atoms with E-state index in [4.69, 9.17) is 5.73 Å². The van der Waals surface area contributed by atoms with Crippen LogP contribution in [0.1, 0.15) is 49.9 Å². The van der Waals surface area contributed by atoms with Crippen LogP contribution in [0.3, 0.4) is 0 Å². The third-order valence-electron chi connectivity index (χ3n) is 3.24. The van der Waals surface area contributed by atoms with E-state index in [2.05, 4.69) is 12.2 Å². The molecule has 0 aromatic heterocycles. The lowest BCUT2D eigenvalue weighted by molar-refractivity contribution is 0.0937.